The predicted octanol–water partition coefficient (Wildman–Crippen LogP) is 2.81. The molecule has 0 unspecified atom stereocenters. The topological polar surface area (TPSA) is 84.8 Å². The molecule has 0 saturated carbocycles. The fourth-order valence-electron chi connectivity index (χ4n) is 3.20. The molecule has 28 heavy (non-hydrogen) atoms. The van der Waals surface area contributed by atoms with Crippen LogP contribution in [0.15, 0.2) is 24.3 Å². The standard InChI is InChI=1S/C20H24O8/c1-22-16-6-11(7-17(23-2)19(16)24-3)18(21)12-8-14-15(28-10-27-14)9-13(12)20(25-4)26-5/h6-9,18,20-21H,10H2,1-5H3/t18-/m0/s1. The smallest absolute Gasteiger partial charge is 0.231 e. The van der Waals surface area contributed by atoms with Crippen molar-refractivity contribution in [2.75, 3.05) is 42.3 Å². The first kappa shape index (κ1) is 20.1. The van der Waals surface area contributed by atoms with Crippen molar-refractivity contribution in [3.8, 4) is 28.7 Å². The molecule has 1 aliphatic heterocycles. The molecule has 2 aromatic rings. The zero-order chi connectivity index (χ0) is 20.3. The predicted molar refractivity (Wildman–Crippen MR) is 99.5 cm³/mol. The Morgan fingerprint density at radius 3 is 1.79 bits per heavy atom. The monoisotopic (exact) mass is 392 g/mol. The molecule has 0 aliphatic carbocycles. The molecule has 0 spiro atoms. The molecule has 2 aromatic carbocycles. The molecule has 0 fully saturated rings. The van der Waals surface area contributed by atoms with Crippen molar-refractivity contribution in [1.29, 1.82) is 0 Å². The Bertz CT molecular complexity index is 806. The molecule has 1 heterocycles. The first-order valence-electron chi connectivity index (χ1n) is 8.54. The van der Waals surface area contributed by atoms with E-state index in [2.05, 4.69) is 0 Å². The highest BCUT2D eigenvalue weighted by molar-refractivity contribution is 5.57. The van der Waals surface area contributed by atoms with E-state index in [1.165, 1.54) is 35.5 Å². The van der Waals surface area contributed by atoms with Crippen LogP contribution in [0.4, 0.5) is 0 Å². The molecular weight excluding hydrogens is 368 g/mol. The van der Waals surface area contributed by atoms with E-state index in [1.54, 1.807) is 24.3 Å². The van der Waals surface area contributed by atoms with Crippen LogP contribution < -0.4 is 23.7 Å². The van der Waals surface area contributed by atoms with Gasteiger partial charge < -0.3 is 38.3 Å². The summed E-state index contributed by atoms with van der Waals surface area (Å²) in [5, 5.41) is 11.2. The van der Waals surface area contributed by atoms with E-state index in [9.17, 15) is 5.11 Å². The summed E-state index contributed by atoms with van der Waals surface area (Å²) in [6.45, 7) is 0.114. The van der Waals surface area contributed by atoms with Crippen LogP contribution >= 0.6 is 0 Å². The first-order valence-corrected chi connectivity index (χ1v) is 8.54. The van der Waals surface area contributed by atoms with Gasteiger partial charge in [0.2, 0.25) is 12.5 Å². The number of methoxy groups -OCH3 is 5. The molecule has 152 valence electrons. The maximum Gasteiger partial charge on any atom is 0.231 e. The van der Waals surface area contributed by atoms with E-state index in [0.29, 0.717) is 45.4 Å². The number of aliphatic hydroxyl groups excluding tert-OH is 1. The molecule has 1 N–H and O–H groups in total. The van der Waals surface area contributed by atoms with Gasteiger partial charge in [0.05, 0.1) is 21.3 Å². The van der Waals surface area contributed by atoms with E-state index in [0.717, 1.165) is 0 Å². The van der Waals surface area contributed by atoms with Crippen molar-refractivity contribution in [1.82, 2.24) is 0 Å². The zero-order valence-corrected chi connectivity index (χ0v) is 16.5. The van der Waals surface area contributed by atoms with Gasteiger partial charge in [-0.3, -0.25) is 0 Å². The van der Waals surface area contributed by atoms with Gasteiger partial charge in [-0.15, -0.1) is 0 Å². The van der Waals surface area contributed by atoms with Gasteiger partial charge in [-0.2, -0.15) is 0 Å². The largest absolute Gasteiger partial charge is 0.493 e. The number of fused-ring (bicyclic) bond motifs is 1. The number of hydrogen-bond acceptors (Lipinski definition) is 8. The molecule has 0 radical (unpaired) electrons. The average molecular weight is 392 g/mol. The maximum absolute atomic E-state index is 11.2. The summed E-state index contributed by atoms with van der Waals surface area (Å²) in [6.07, 6.45) is -1.73. The second-order valence-electron chi connectivity index (χ2n) is 6.00. The summed E-state index contributed by atoms with van der Waals surface area (Å²) in [7, 11) is 7.60. The highest BCUT2D eigenvalue weighted by atomic mass is 16.7. The highest BCUT2D eigenvalue weighted by Crippen LogP contribution is 2.44. The minimum absolute atomic E-state index is 0.114. The number of ether oxygens (including phenoxy) is 7. The van der Waals surface area contributed by atoms with E-state index in [-0.39, 0.29) is 6.79 Å². The van der Waals surface area contributed by atoms with Gasteiger partial charge in [-0.1, -0.05) is 0 Å². The average Bonchev–Trinajstić information content (AvgIpc) is 3.19. The van der Waals surface area contributed by atoms with Gasteiger partial charge in [0.1, 0.15) is 6.10 Å². The lowest BCUT2D eigenvalue weighted by Crippen LogP contribution is -2.11. The number of benzene rings is 2. The Balaban J connectivity index is 2.13. The van der Waals surface area contributed by atoms with Crippen molar-refractivity contribution < 1.29 is 38.3 Å². The molecule has 0 aromatic heterocycles. The van der Waals surface area contributed by atoms with E-state index in [1.807, 2.05) is 0 Å². The number of hydrogen-bond donors (Lipinski definition) is 1. The normalized spacial score (nSPS) is 13.5. The van der Waals surface area contributed by atoms with Crippen LogP contribution in [0.1, 0.15) is 29.1 Å². The third-order valence-electron chi connectivity index (χ3n) is 4.56. The molecule has 0 amide bonds. The van der Waals surface area contributed by atoms with Crippen LogP contribution in [0.3, 0.4) is 0 Å². The van der Waals surface area contributed by atoms with E-state index < -0.39 is 12.4 Å². The number of rotatable bonds is 8. The van der Waals surface area contributed by atoms with Crippen molar-refractivity contribution in [2.45, 2.75) is 12.4 Å². The zero-order valence-electron chi connectivity index (χ0n) is 16.5. The van der Waals surface area contributed by atoms with Crippen molar-refractivity contribution in [3.05, 3.63) is 41.0 Å². The lowest BCUT2D eigenvalue weighted by molar-refractivity contribution is -0.107. The lowest BCUT2D eigenvalue weighted by Gasteiger charge is -2.23. The Morgan fingerprint density at radius 1 is 0.786 bits per heavy atom. The van der Waals surface area contributed by atoms with Gasteiger partial charge in [0.25, 0.3) is 0 Å². The second-order valence-corrected chi connectivity index (χ2v) is 6.00. The molecule has 3 rings (SSSR count). The minimum Gasteiger partial charge on any atom is -0.493 e. The fourth-order valence-corrected chi connectivity index (χ4v) is 3.20. The van der Waals surface area contributed by atoms with E-state index >= 15 is 0 Å². The SMILES string of the molecule is COc1cc([C@H](O)c2cc3c(cc2C(OC)OC)OCO3)cc(OC)c1OC. The Hall–Kier alpha value is -2.68. The summed E-state index contributed by atoms with van der Waals surface area (Å²) in [5.74, 6) is 2.42. The van der Waals surface area contributed by atoms with Gasteiger partial charge >= 0.3 is 0 Å². The quantitative estimate of drug-likeness (QED) is 0.687. The van der Waals surface area contributed by atoms with Gasteiger partial charge in [-0.05, 0) is 35.4 Å². The molecule has 0 saturated heterocycles. The summed E-state index contributed by atoms with van der Waals surface area (Å²) in [6, 6.07) is 6.84. The van der Waals surface area contributed by atoms with Crippen molar-refractivity contribution >= 4 is 0 Å². The third kappa shape index (κ3) is 3.54. The van der Waals surface area contributed by atoms with Crippen molar-refractivity contribution in [2.24, 2.45) is 0 Å². The summed E-state index contributed by atoms with van der Waals surface area (Å²) in [4.78, 5) is 0. The Morgan fingerprint density at radius 2 is 1.32 bits per heavy atom. The van der Waals surface area contributed by atoms with Crippen LogP contribution in [-0.4, -0.2) is 47.4 Å². The van der Waals surface area contributed by atoms with Gasteiger partial charge in [-0.25, -0.2) is 0 Å². The van der Waals surface area contributed by atoms with Gasteiger partial charge in [0.15, 0.2) is 29.3 Å². The fraction of sp³-hybridized carbons (Fsp3) is 0.400. The molecule has 1 aliphatic rings. The maximum atomic E-state index is 11.2. The van der Waals surface area contributed by atoms with Gasteiger partial charge in [0, 0.05) is 19.8 Å². The summed E-state index contributed by atoms with van der Waals surface area (Å²) < 4.78 is 37.8. The van der Waals surface area contributed by atoms with Crippen LogP contribution in [0.2, 0.25) is 0 Å². The lowest BCUT2D eigenvalue weighted by atomic mass is 9.95. The number of aliphatic hydroxyl groups is 1. The Kier molecular flexibility index (Phi) is 6.13. The molecule has 0 bridgehead atoms. The van der Waals surface area contributed by atoms with Crippen LogP contribution in [0.25, 0.3) is 0 Å². The molecule has 8 nitrogen and oxygen atoms in total. The third-order valence-corrected chi connectivity index (χ3v) is 4.56. The Labute approximate surface area is 163 Å². The summed E-state index contributed by atoms with van der Waals surface area (Å²) in [5.41, 5.74) is 1.71. The van der Waals surface area contributed by atoms with Crippen LogP contribution in [0.5, 0.6) is 28.7 Å². The second kappa shape index (κ2) is 8.55. The highest BCUT2D eigenvalue weighted by Gasteiger charge is 2.27. The summed E-state index contributed by atoms with van der Waals surface area (Å²) >= 11 is 0. The molecule has 1 atom stereocenters. The molecule has 8 heteroatoms. The van der Waals surface area contributed by atoms with Crippen molar-refractivity contribution in [3.63, 3.8) is 0 Å². The first-order chi connectivity index (χ1) is 13.6. The van der Waals surface area contributed by atoms with E-state index in [4.69, 9.17) is 33.2 Å². The minimum atomic E-state index is -1.04. The van der Waals surface area contributed by atoms with Crippen LogP contribution in [0, 0.1) is 0 Å². The van der Waals surface area contributed by atoms with Crippen LogP contribution in [-0.2, 0) is 9.47 Å². The molecular formula is C20H24O8.